The van der Waals surface area contributed by atoms with E-state index < -0.39 is 0 Å². The van der Waals surface area contributed by atoms with E-state index in [1.807, 2.05) is 24.3 Å². The van der Waals surface area contributed by atoms with Gasteiger partial charge in [0.05, 0.1) is 12.2 Å². The zero-order chi connectivity index (χ0) is 12.5. The Balaban J connectivity index is 2.17. The molecule has 1 N–H and O–H groups in total. The number of ether oxygens (including phenoxy) is 1. The molecule has 1 heterocycles. The minimum Gasteiger partial charge on any atom is -0.488 e. The molecule has 0 aliphatic carbocycles. The number of benzene rings is 2. The topological polar surface area (TPSA) is 46.5 Å². The van der Waals surface area contributed by atoms with Crippen LogP contribution in [0.2, 0.25) is 0 Å². The van der Waals surface area contributed by atoms with E-state index in [1.54, 1.807) is 18.2 Å². The number of carbonyl (C=O) groups excluding carboxylic acids is 1. The van der Waals surface area contributed by atoms with Crippen molar-refractivity contribution in [2.24, 2.45) is 0 Å². The van der Waals surface area contributed by atoms with Crippen LogP contribution in [0.25, 0.3) is 0 Å². The van der Waals surface area contributed by atoms with E-state index in [2.05, 4.69) is 0 Å². The molecule has 0 spiro atoms. The highest BCUT2D eigenvalue weighted by Gasteiger charge is 2.21. The number of fused-ring (bicyclic) bond motifs is 2. The summed E-state index contributed by atoms with van der Waals surface area (Å²) in [6.07, 6.45) is 0. The minimum atomic E-state index is -0.0811. The summed E-state index contributed by atoms with van der Waals surface area (Å²) in [5, 5.41) is 9.14. The van der Waals surface area contributed by atoms with E-state index in [4.69, 9.17) is 9.84 Å². The molecule has 90 valence electrons. The highest BCUT2D eigenvalue weighted by Crippen LogP contribution is 2.29. The van der Waals surface area contributed by atoms with E-state index >= 15 is 0 Å². The van der Waals surface area contributed by atoms with Gasteiger partial charge >= 0.3 is 0 Å². The molecule has 0 radical (unpaired) electrons. The van der Waals surface area contributed by atoms with E-state index in [1.165, 1.54) is 0 Å². The molecule has 1 aliphatic heterocycles. The maximum Gasteiger partial charge on any atom is 0.197 e. The van der Waals surface area contributed by atoms with Crippen LogP contribution >= 0.6 is 0 Å². The second-order valence-corrected chi connectivity index (χ2v) is 4.26. The van der Waals surface area contributed by atoms with Crippen LogP contribution in [-0.4, -0.2) is 10.9 Å². The minimum absolute atomic E-state index is 0.0478. The van der Waals surface area contributed by atoms with Gasteiger partial charge in [0.1, 0.15) is 12.4 Å². The lowest BCUT2D eigenvalue weighted by Crippen LogP contribution is -2.03. The van der Waals surface area contributed by atoms with Gasteiger partial charge in [-0.1, -0.05) is 30.3 Å². The highest BCUT2D eigenvalue weighted by molar-refractivity contribution is 6.12. The number of ketones is 1. The number of aliphatic hydroxyl groups excluding tert-OH is 1. The Morgan fingerprint density at radius 2 is 1.94 bits per heavy atom. The van der Waals surface area contributed by atoms with Gasteiger partial charge in [-0.05, 0) is 17.7 Å². The fraction of sp³-hybridized carbons (Fsp3) is 0.133. The Morgan fingerprint density at radius 1 is 1.11 bits per heavy atom. The van der Waals surface area contributed by atoms with E-state index in [9.17, 15) is 4.79 Å². The lowest BCUT2D eigenvalue weighted by Gasteiger charge is -2.07. The van der Waals surface area contributed by atoms with Gasteiger partial charge in [0.2, 0.25) is 0 Å². The number of hydrogen-bond donors (Lipinski definition) is 1. The van der Waals surface area contributed by atoms with Crippen molar-refractivity contribution in [3.05, 3.63) is 64.7 Å². The van der Waals surface area contributed by atoms with Crippen molar-refractivity contribution < 1.29 is 14.6 Å². The monoisotopic (exact) mass is 240 g/mol. The quantitative estimate of drug-likeness (QED) is 0.832. The molecular formula is C15H12O3. The van der Waals surface area contributed by atoms with Crippen LogP contribution in [0.5, 0.6) is 5.75 Å². The summed E-state index contributed by atoms with van der Waals surface area (Å²) in [7, 11) is 0. The molecule has 1 aliphatic rings. The van der Waals surface area contributed by atoms with Gasteiger partial charge < -0.3 is 9.84 Å². The molecular weight excluding hydrogens is 228 g/mol. The molecule has 0 unspecified atom stereocenters. The van der Waals surface area contributed by atoms with E-state index in [-0.39, 0.29) is 12.4 Å². The number of carbonyl (C=O) groups is 1. The molecule has 18 heavy (non-hydrogen) atoms. The van der Waals surface area contributed by atoms with E-state index in [0.29, 0.717) is 29.0 Å². The van der Waals surface area contributed by atoms with Crippen LogP contribution in [-0.2, 0) is 13.2 Å². The van der Waals surface area contributed by atoms with Crippen molar-refractivity contribution in [1.29, 1.82) is 0 Å². The van der Waals surface area contributed by atoms with Gasteiger partial charge in [0.15, 0.2) is 5.78 Å². The molecule has 0 saturated carbocycles. The molecule has 3 rings (SSSR count). The standard InChI is InChI=1S/C15H12O3/c16-8-10-5-6-14-13(7-10)15(17)12-4-2-1-3-11(12)9-18-14/h1-7,16H,8-9H2. The Hall–Kier alpha value is -2.13. The van der Waals surface area contributed by atoms with E-state index in [0.717, 1.165) is 5.56 Å². The van der Waals surface area contributed by atoms with Gasteiger partial charge in [-0.3, -0.25) is 4.79 Å². The fourth-order valence-electron chi connectivity index (χ4n) is 2.15. The Kier molecular flexibility index (Phi) is 2.61. The molecule has 3 heteroatoms. The second kappa shape index (κ2) is 4.27. The lowest BCUT2D eigenvalue weighted by molar-refractivity contribution is 0.103. The third kappa shape index (κ3) is 1.69. The van der Waals surface area contributed by atoms with Gasteiger partial charge in [0, 0.05) is 11.1 Å². The average Bonchev–Trinajstić information content (AvgIpc) is 2.57. The van der Waals surface area contributed by atoms with Gasteiger partial charge in [-0.25, -0.2) is 0 Å². The first kappa shape index (κ1) is 11.0. The molecule has 0 amide bonds. The number of rotatable bonds is 1. The van der Waals surface area contributed by atoms with Crippen LogP contribution in [0.15, 0.2) is 42.5 Å². The Labute approximate surface area is 105 Å². The summed E-state index contributed by atoms with van der Waals surface area (Å²) in [5.41, 5.74) is 2.80. The first-order valence-electron chi connectivity index (χ1n) is 5.79. The lowest BCUT2D eigenvalue weighted by atomic mass is 9.98. The molecule has 2 aromatic rings. The van der Waals surface area contributed by atoms with Gasteiger partial charge in [-0.2, -0.15) is 0 Å². The summed E-state index contributed by atoms with van der Waals surface area (Å²) < 4.78 is 5.64. The summed E-state index contributed by atoms with van der Waals surface area (Å²) in [6.45, 7) is 0.315. The molecule has 0 fully saturated rings. The van der Waals surface area contributed by atoms with Crippen molar-refractivity contribution in [1.82, 2.24) is 0 Å². The van der Waals surface area contributed by atoms with Crippen LogP contribution in [0.1, 0.15) is 27.0 Å². The molecule has 2 aromatic carbocycles. The summed E-state index contributed by atoms with van der Waals surface area (Å²) in [6, 6.07) is 12.6. The average molecular weight is 240 g/mol. The maximum absolute atomic E-state index is 12.4. The zero-order valence-electron chi connectivity index (χ0n) is 9.72. The molecule has 0 bridgehead atoms. The Bertz CT molecular complexity index is 617. The predicted molar refractivity (Wildman–Crippen MR) is 66.6 cm³/mol. The van der Waals surface area contributed by atoms with Crippen LogP contribution in [0.3, 0.4) is 0 Å². The smallest absolute Gasteiger partial charge is 0.197 e. The third-order valence-electron chi connectivity index (χ3n) is 3.12. The summed E-state index contributed by atoms with van der Waals surface area (Å²) in [5.74, 6) is 0.529. The zero-order valence-corrected chi connectivity index (χ0v) is 9.72. The fourth-order valence-corrected chi connectivity index (χ4v) is 2.15. The highest BCUT2D eigenvalue weighted by atomic mass is 16.5. The summed E-state index contributed by atoms with van der Waals surface area (Å²) in [4.78, 5) is 12.4. The maximum atomic E-state index is 12.4. The van der Waals surface area contributed by atoms with Gasteiger partial charge in [0.25, 0.3) is 0 Å². The molecule has 3 nitrogen and oxygen atoms in total. The van der Waals surface area contributed by atoms with Crippen molar-refractivity contribution in [2.75, 3.05) is 0 Å². The summed E-state index contributed by atoms with van der Waals surface area (Å²) >= 11 is 0. The van der Waals surface area contributed by atoms with Crippen molar-refractivity contribution >= 4 is 5.78 Å². The first-order chi connectivity index (χ1) is 8.79. The SMILES string of the molecule is O=C1c2ccccc2COc2ccc(CO)cc21. The molecule has 0 atom stereocenters. The van der Waals surface area contributed by atoms with Crippen molar-refractivity contribution in [3.63, 3.8) is 0 Å². The molecule has 0 saturated heterocycles. The predicted octanol–water partition coefficient (Wildman–Crippen LogP) is 2.30. The number of hydrogen-bond acceptors (Lipinski definition) is 3. The third-order valence-corrected chi connectivity index (χ3v) is 3.12. The second-order valence-electron chi connectivity index (χ2n) is 4.26. The number of aliphatic hydroxyl groups is 1. The van der Waals surface area contributed by atoms with Crippen LogP contribution < -0.4 is 4.74 Å². The first-order valence-corrected chi connectivity index (χ1v) is 5.79. The van der Waals surface area contributed by atoms with Crippen molar-refractivity contribution in [3.8, 4) is 5.75 Å². The van der Waals surface area contributed by atoms with Crippen LogP contribution in [0, 0.1) is 0 Å². The Morgan fingerprint density at radius 3 is 2.78 bits per heavy atom. The van der Waals surface area contributed by atoms with Gasteiger partial charge in [-0.15, -0.1) is 0 Å². The van der Waals surface area contributed by atoms with Crippen molar-refractivity contribution in [2.45, 2.75) is 13.2 Å². The normalized spacial score (nSPS) is 13.3. The van der Waals surface area contributed by atoms with Crippen LogP contribution in [0.4, 0.5) is 0 Å². The molecule has 0 aromatic heterocycles. The largest absolute Gasteiger partial charge is 0.488 e.